The molecule has 6 nitrogen and oxygen atoms in total. The van der Waals surface area contributed by atoms with Crippen LogP contribution in [0.4, 0.5) is 11.6 Å². The van der Waals surface area contributed by atoms with E-state index in [0.29, 0.717) is 11.6 Å². The van der Waals surface area contributed by atoms with Crippen molar-refractivity contribution in [3.8, 4) is 6.19 Å². The Morgan fingerprint density at radius 1 is 1.28 bits per heavy atom. The largest absolute Gasteiger partial charge is 0.354 e. The predicted octanol–water partition coefficient (Wildman–Crippen LogP) is 0.454. The van der Waals surface area contributed by atoms with Gasteiger partial charge in [-0.25, -0.2) is 9.97 Å². The summed E-state index contributed by atoms with van der Waals surface area (Å²) in [4.78, 5) is 14.7. The molecule has 2 rings (SSSR count). The summed E-state index contributed by atoms with van der Waals surface area (Å²) < 4.78 is 0. The van der Waals surface area contributed by atoms with Crippen LogP contribution in [0.3, 0.4) is 0 Å². The zero-order valence-electron chi connectivity index (χ0n) is 11.1. The smallest absolute Gasteiger partial charge is 0.185 e. The van der Waals surface area contributed by atoms with Crippen LogP contribution < -0.4 is 9.80 Å². The molecule has 1 saturated heterocycles. The van der Waals surface area contributed by atoms with Crippen LogP contribution in [0.5, 0.6) is 0 Å². The van der Waals surface area contributed by atoms with Gasteiger partial charge in [0.2, 0.25) is 0 Å². The Morgan fingerprint density at radius 3 is 2.56 bits per heavy atom. The highest BCUT2D eigenvalue weighted by atomic mass is 15.3. The van der Waals surface area contributed by atoms with E-state index in [1.54, 1.807) is 7.05 Å². The van der Waals surface area contributed by atoms with Crippen molar-refractivity contribution in [3.05, 3.63) is 11.9 Å². The van der Waals surface area contributed by atoms with E-state index in [0.717, 1.165) is 32.0 Å². The molecular formula is C12H18N6. The van der Waals surface area contributed by atoms with E-state index in [-0.39, 0.29) is 0 Å². The van der Waals surface area contributed by atoms with Crippen LogP contribution in [0, 0.1) is 18.4 Å². The third-order valence-corrected chi connectivity index (χ3v) is 3.13. The number of likely N-dealkylation sites (N-methyl/N-ethyl adjacent to an activating group) is 1. The lowest BCUT2D eigenvalue weighted by Gasteiger charge is -2.33. The van der Waals surface area contributed by atoms with Crippen molar-refractivity contribution in [3.63, 3.8) is 0 Å². The highest BCUT2D eigenvalue weighted by molar-refractivity contribution is 5.52. The Kier molecular flexibility index (Phi) is 3.63. The fourth-order valence-electron chi connectivity index (χ4n) is 1.96. The van der Waals surface area contributed by atoms with Gasteiger partial charge in [-0.2, -0.15) is 5.26 Å². The average molecular weight is 246 g/mol. The topological polar surface area (TPSA) is 59.3 Å². The fourth-order valence-corrected chi connectivity index (χ4v) is 1.96. The average Bonchev–Trinajstić information content (AvgIpc) is 2.38. The van der Waals surface area contributed by atoms with Crippen molar-refractivity contribution in [2.75, 3.05) is 50.1 Å². The quantitative estimate of drug-likeness (QED) is 0.558. The minimum Gasteiger partial charge on any atom is -0.354 e. The van der Waals surface area contributed by atoms with E-state index in [2.05, 4.69) is 33.0 Å². The van der Waals surface area contributed by atoms with E-state index in [1.165, 1.54) is 4.90 Å². The Labute approximate surface area is 107 Å². The molecule has 0 unspecified atom stereocenters. The number of piperazine rings is 1. The molecule has 6 heteroatoms. The third kappa shape index (κ3) is 2.68. The highest BCUT2D eigenvalue weighted by Crippen LogP contribution is 2.19. The number of nitriles is 1. The SMILES string of the molecule is Cc1nc(N(C)C#N)cc(N2CCN(C)CC2)n1. The Balaban J connectivity index is 2.23. The van der Waals surface area contributed by atoms with Crippen molar-refractivity contribution in [1.29, 1.82) is 5.26 Å². The van der Waals surface area contributed by atoms with Gasteiger partial charge in [0.05, 0.1) is 0 Å². The summed E-state index contributed by atoms with van der Waals surface area (Å²) in [7, 11) is 3.83. The highest BCUT2D eigenvalue weighted by Gasteiger charge is 2.17. The summed E-state index contributed by atoms with van der Waals surface area (Å²) in [6.07, 6.45) is 2.06. The first kappa shape index (κ1) is 12.6. The summed E-state index contributed by atoms with van der Waals surface area (Å²) in [5.41, 5.74) is 0. The minimum absolute atomic E-state index is 0.652. The summed E-state index contributed by atoms with van der Waals surface area (Å²) in [5, 5.41) is 8.91. The van der Waals surface area contributed by atoms with Gasteiger partial charge in [-0.1, -0.05) is 0 Å². The lowest BCUT2D eigenvalue weighted by atomic mass is 10.3. The molecule has 0 amide bonds. The standard InChI is InChI=1S/C12H18N6/c1-10-14-11(17(3)9-13)8-12(15-10)18-6-4-16(2)5-7-18/h8H,4-7H2,1-3H3. The molecule has 96 valence electrons. The first-order valence-corrected chi connectivity index (χ1v) is 6.03. The maximum atomic E-state index is 8.91. The molecule has 0 aliphatic carbocycles. The zero-order chi connectivity index (χ0) is 13.1. The Hall–Kier alpha value is -1.87. The van der Waals surface area contributed by atoms with Crippen LogP contribution in [-0.2, 0) is 0 Å². The Morgan fingerprint density at radius 2 is 1.94 bits per heavy atom. The molecule has 0 N–H and O–H groups in total. The first-order chi connectivity index (χ1) is 8.60. The number of nitrogens with zero attached hydrogens (tertiary/aromatic N) is 6. The summed E-state index contributed by atoms with van der Waals surface area (Å²) in [6, 6.07) is 1.88. The molecule has 0 spiro atoms. The van der Waals surface area contributed by atoms with E-state index < -0.39 is 0 Å². The van der Waals surface area contributed by atoms with Gasteiger partial charge in [-0.05, 0) is 14.0 Å². The van der Waals surface area contributed by atoms with Crippen LogP contribution in [-0.4, -0.2) is 55.1 Å². The molecule has 1 fully saturated rings. The van der Waals surface area contributed by atoms with E-state index in [1.807, 2.05) is 13.0 Å². The number of rotatable bonds is 2. The molecule has 0 aromatic carbocycles. The number of aromatic nitrogens is 2. The second-order valence-electron chi connectivity index (χ2n) is 4.58. The van der Waals surface area contributed by atoms with Gasteiger partial charge in [0, 0.05) is 39.3 Å². The summed E-state index contributed by atoms with van der Waals surface area (Å²) in [6.45, 7) is 5.85. The molecule has 0 radical (unpaired) electrons. The molecule has 2 heterocycles. The molecular weight excluding hydrogens is 228 g/mol. The van der Waals surface area contributed by atoms with Crippen LogP contribution in [0.25, 0.3) is 0 Å². The van der Waals surface area contributed by atoms with Crippen LogP contribution in [0.2, 0.25) is 0 Å². The molecule has 1 aliphatic rings. The van der Waals surface area contributed by atoms with Gasteiger partial charge in [0.1, 0.15) is 17.5 Å². The van der Waals surface area contributed by atoms with Crippen molar-refractivity contribution >= 4 is 11.6 Å². The van der Waals surface area contributed by atoms with Crippen molar-refractivity contribution in [2.24, 2.45) is 0 Å². The monoisotopic (exact) mass is 246 g/mol. The summed E-state index contributed by atoms with van der Waals surface area (Å²) in [5.74, 6) is 2.26. The molecule has 0 atom stereocenters. The van der Waals surface area contributed by atoms with Crippen LogP contribution >= 0.6 is 0 Å². The minimum atomic E-state index is 0.652. The van der Waals surface area contributed by atoms with Gasteiger partial charge in [-0.3, -0.25) is 4.90 Å². The molecule has 1 aromatic heterocycles. The second-order valence-corrected chi connectivity index (χ2v) is 4.58. The molecule has 0 bridgehead atoms. The number of hydrogen-bond acceptors (Lipinski definition) is 6. The number of anilines is 2. The Bertz CT molecular complexity index is 458. The van der Waals surface area contributed by atoms with Crippen molar-refractivity contribution in [1.82, 2.24) is 14.9 Å². The van der Waals surface area contributed by atoms with Gasteiger partial charge >= 0.3 is 0 Å². The molecule has 1 aromatic rings. The third-order valence-electron chi connectivity index (χ3n) is 3.13. The lowest BCUT2D eigenvalue weighted by Crippen LogP contribution is -2.45. The molecule has 0 saturated carbocycles. The van der Waals surface area contributed by atoms with Gasteiger partial charge in [0.25, 0.3) is 0 Å². The zero-order valence-corrected chi connectivity index (χ0v) is 11.1. The number of aryl methyl sites for hydroxylation is 1. The van der Waals surface area contributed by atoms with Gasteiger partial charge < -0.3 is 9.80 Å². The first-order valence-electron chi connectivity index (χ1n) is 6.03. The maximum absolute atomic E-state index is 8.91. The van der Waals surface area contributed by atoms with Gasteiger partial charge in [0.15, 0.2) is 6.19 Å². The van der Waals surface area contributed by atoms with E-state index >= 15 is 0 Å². The number of hydrogen-bond donors (Lipinski definition) is 0. The predicted molar refractivity (Wildman–Crippen MR) is 70.5 cm³/mol. The van der Waals surface area contributed by atoms with Crippen LogP contribution in [0.1, 0.15) is 5.82 Å². The summed E-state index contributed by atoms with van der Waals surface area (Å²) >= 11 is 0. The van der Waals surface area contributed by atoms with Gasteiger partial charge in [-0.15, -0.1) is 0 Å². The maximum Gasteiger partial charge on any atom is 0.185 e. The molecule has 1 aliphatic heterocycles. The van der Waals surface area contributed by atoms with E-state index in [4.69, 9.17) is 5.26 Å². The second kappa shape index (κ2) is 5.19. The lowest BCUT2D eigenvalue weighted by molar-refractivity contribution is 0.312. The normalized spacial score (nSPS) is 16.4. The van der Waals surface area contributed by atoms with Crippen molar-refractivity contribution in [2.45, 2.75) is 6.92 Å². The van der Waals surface area contributed by atoms with Crippen LogP contribution in [0.15, 0.2) is 6.07 Å². The fraction of sp³-hybridized carbons (Fsp3) is 0.583. The molecule has 18 heavy (non-hydrogen) atoms. The van der Waals surface area contributed by atoms with E-state index in [9.17, 15) is 0 Å². The van der Waals surface area contributed by atoms with Crippen molar-refractivity contribution < 1.29 is 0 Å².